The van der Waals surface area contributed by atoms with Crippen LogP contribution in [0.3, 0.4) is 0 Å². The average Bonchev–Trinajstić information content (AvgIpc) is 2.09. The third-order valence-electron chi connectivity index (χ3n) is 1.55. The molecule has 0 aliphatic heterocycles. The highest BCUT2D eigenvalue weighted by Gasteiger charge is 2.14. The molecular weight excluding hydrogens is 271 g/mol. The summed E-state index contributed by atoms with van der Waals surface area (Å²) >= 11 is 4.34. The Morgan fingerprint density at radius 3 is 2.79 bits per heavy atom. The molecule has 1 aromatic carbocycles. The van der Waals surface area contributed by atoms with Crippen molar-refractivity contribution in [1.82, 2.24) is 0 Å². The summed E-state index contributed by atoms with van der Waals surface area (Å²) in [5.41, 5.74) is 0. The molecule has 0 spiro atoms. The molecule has 0 saturated carbocycles. The zero-order chi connectivity index (χ0) is 10.7. The third kappa shape index (κ3) is 2.99. The minimum Gasteiger partial charge on any atom is -0.480 e. The highest BCUT2D eigenvalue weighted by Crippen LogP contribution is 2.31. The van der Waals surface area contributed by atoms with E-state index in [1.165, 1.54) is 23.9 Å². The van der Waals surface area contributed by atoms with Gasteiger partial charge in [-0.05, 0) is 41.1 Å². The fourth-order valence-electron chi connectivity index (χ4n) is 0.812. The number of thioether (sulfide) groups is 1. The molecule has 1 atom stereocenters. The van der Waals surface area contributed by atoms with Crippen molar-refractivity contribution in [3.63, 3.8) is 0 Å². The van der Waals surface area contributed by atoms with Gasteiger partial charge in [-0.1, -0.05) is 0 Å². The molecular formula is C9H8BrFO2S. The Bertz CT molecular complexity index is 357. The van der Waals surface area contributed by atoms with E-state index in [0.29, 0.717) is 4.47 Å². The van der Waals surface area contributed by atoms with E-state index in [0.717, 1.165) is 4.90 Å². The number of rotatable bonds is 3. The maximum Gasteiger partial charge on any atom is 0.316 e. The van der Waals surface area contributed by atoms with Gasteiger partial charge in [-0.25, -0.2) is 4.39 Å². The number of benzene rings is 1. The molecule has 2 nitrogen and oxygen atoms in total. The molecule has 14 heavy (non-hydrogen) atoms. The number of halogens is 2. The normalized spacial score (nSPS) is 12.5. The summed E-state index contributed by atoms with van der Waals surface area (Å²) in [5, 5.41) is 8.13. The molecule has 0 fully saturated rings. The molecule has 1 aromatic rings. The van der Waals surface area contributed by atoms with Gasteiger partial charge < -0.3 is 5.11 Å². The number of hydrogen-bond donors (Lipinski definition) is 1. The van der Waals surface area contributed by atoms with Crippen LogP contribution in [0.15, 0.2) is 27.6 Å². The van der Waals surface area contributed by atoms with E-state index in [1.54, 1.807) is 13.0 Å². The van der Waals surface area contributed by atoms with E-state index in [-0.39, 0.29) is 5.82 Å². The smallest absolute Gasteiger partial charge is 0.316 e. The Balaban J connectivity index is 2.82. The molecule has 0 aromatic heterocycles. The molecule has 0 saturated heterocycles. The van der Waals surface area contributed by atoms with Gasteiger partial charge in [-0.15, -0.1) is 11.8 Å². The summed E-state index contributed by atoms with van der Waals surface area (Å²) in [6.45, 7) is 1.59. The first-order valence-corrected chi connectivity index (χ1v) is 5.52. The standard InChI is InChI=1S/C9H8BrFO2S/c1-5(9(12)13)14-8-3-2-6(11)4-7(8)10/h2-5H,1H3,(H,12,13). The van der Waals surface area contributed by atoms with E-state index in [9.17, 15) is 9.18 Å². The van der Waals surface area contributed by atoms with E-state index in [2.05, 4.69) is 15.9 Å². The number of carboxylic acids is 1. The fourth-order valence-corrected chi connectivity index (χ4v) is 2.24. The highest BCUT2D eigenvalue weighted by molar-refractivity contribution is 9.10. The number of carboxylic acid groups (broad SMARTS) is 1. The van der Waals surface area contributed by atoms with Crippen LogP contribution in [0.25, 0.3) is 0 Å². The van der Waals surface area contributed by atoms with Gasteiger partial charge in [0.1, 0.15) is 11.1 Å². The monoisotopic (exact) mass is 278 g/mol. The molecule has 76 valence electrons. The Hall–Kier alpha value is -0.550. The van der Waals surface area contributed by atoms with Gasteiger partial charge in [0.05, 0.1) is 0 Å². The lowest BCUT2D eigenvalue weighted by Gasteiger charge is -2.07. The average molecular weight is 279 g/mol. The van der Waals surface area contributed by atoms with Gasteiger partial charge in [0, 0.05) is 9.37 Å². The highest BCUT2D eigenvalue weighted by atomic mass is 79.9. The molecule has 5 heteroatoms. The summed E-state index contributed by atoms with van der Waals surface area (Å²) in [6.07, 6.45) is 0. The maximum absolute atomic E-state index is 12.7. The molecule has 0 radical (unpaired) electrons. The molecule has 1 N–H and O–H groups in total. The Morgan fingerprint density at radius 1 is 1.64 bits per heavy atom. The minimum absolute atomic E-state index is 0.343. The van der Waals surface area contributed by atoms with Crippen molar-refractivity contribution in [2.75, 3.05) is 0 Å². The SMILES string of the molecule is CC(Sc1ccc(F)cc1Br)C(=O)O. The van der Waals surface area contributed by atoms with Gasteiger partial charge in [0.2, 0.25) is 0 Å². The molecule has 1 unspecified atom stereocenters. The van der Waals surface area contributed by atoms with Crippen LogP contribution in [0.1, 0.15) is 6.92 Å². The van der Waals surface area contributed by atoms with E-state index >= 15 is 0 Å². The summed E-state index contributed by atoms with van der Waals surface area (Å²) < 4.78 is 13.3. The van der Waals surface area contributed by atoms with Crippen LogP contribution < -0.4 is 0 Å². The van der Waals surface area contributed by atoms with E-state index in [4.69, 9.17) is 5.11 Å². The van der Waals surface area contributed by atoms with Crippen LogP contribution in [-0.4, -0.2) is 16.3 Å². The quantitative estimate of drug-likeness (QED) is 0.863. The largest absolute Gasteiger partial charge is 0.480 e. The Kier molecular flexibility index (Phi) is 3.95. The van der Waals surface area contributed by atoms with Crippen LogP contribution >= 0.6 is 27.7 Å². The van der Waals surface area contributed by atoms with Crippen molar-refractivity contribution in [2.24, 2.45) is 0 Å². The number of hydrogen-bond acceptors (Lipinski definition) is 2. The van der Waals surface area contributed by atoms with Crippen molar-refractivity contribution in [2.45, 2.75) is 17.1 Å². The van der Waals surface area contributed by atoms with Crippen LogP contribution in [0.2, 0.25) is 0 Å². The van der Waals surface area contributed by atoms with Crippen LogP contribution in [0, 0.1) is 5.82 Å². The van der Waals surface area contributed by atoms with Crippen molar-refractivity contribution >= 4 is 33.7 Å². The number of aliphatic carboxylic acids is 1. The second-order valence-electron chi connectivity index (χ2n) is 2.67. The summed E-state index contributed by atoms with van der Waals surface area (Å²) in [5.74, 6) is -1.23. The lowest BCUT2D eigenvalue weighted by atomic mass is 10.3. The predicted octanol–water partition coefficient (Wildman–Crippen LogP) is 3.15. The molecule has 1 rings (SSSR count). The van der Waals surface area contributed by atoms with Gasteiger partial charge in [-0.2, -0.15) is 0 Å². The fraction of sp³-hybridized carbons (Fsp3) is 0.222. The first-order valence-electron chi connectivity index (χ1n) is 3.85. The van der Waals surface area contributed by atoms with Crippen LogP contribution in [0.5, 0.6) is 0 Å². The zero-order valence-corrected chi connectivity index (χ0v) is 9.73. The van der Waals surface area contributed by atoms with Crippen LogP contribution in [-0.2, 0) is 4.79 Å². The number of carbonyl (C=O) groups is 1. The summed E-state index contributed by atoms with van der Waals surface area (Å²) in [4.78, 5) is 11.3. The lowest BCUT2D eigenvalue weighted by molar-refractivity contribution is -0.136. The summed E-state index contributed by atoms with van der Waals surface area (Å²) in [6, 6.07) is 4.18. The minimum atomic E-state index is -0.883. The Labute approximate surface area is 93.6 Å². The van der Waals surface area contributed by atoms with Gasteiger partial charge in [0.25, 0.3) is 0 Å². The summed E-state index contributed by atoms with van der Waals surface area (Å²) in [7, 11) is 0. The molecule has 0 aliphatic carbocycles. The second kappa shape index (κ2) is 4.79. The third-order valence-corrected chi connectivity index (χ3v) is 3.63. The zero-order valence-electron chi connectivity index (χ0n) is 7.33. The molecule has 0 bridgehead atoms. The van der Waals surface area contributed by atoms with Crippen LogP contribution in [0.4, 0.5) is 4.39 Å². The lowest BCUT2D eigenvalue weighted by Crippen LogP contribution is -2.11. The molecule has 0 amide bonds. The van der Waals surface area contributed by atoms with E-state index < -0.39 is 11.2 Å². The topological polar surface area (TPSA) is 37.3 Å². The van der Waals surface area contributed by atoms with Gasteiger partial charge in [0.15, 0.2) is 0 Å². The first kappa shape index (κ1) is 11.5. The van der Waals surface area contributed by atoms with Crippen molar-refractivity contribution in [3.8, 4) is 0 Å². The maximum atomic E-state index is 12.7. The van der Waals surface area contributed by atoms with Crippen molar-refractivity contribution < 1.29 is 14.3 Å². The van der Waals surface area contributed by atoms with Crippen molar-refractivity contribution in [1.29, 1.82) is 0 Å². The van der Waals surface area contributed by atoms with Gasteiger partial charge >= 0.3 is 5.97 Å². The van der Waals surface area contributed by atoms with E-state index in [1.807, 2.05) is 0 Å². The molecule has 0 heterocycles. The van der Waals surface area contributed by atoms with Gasteiger partial charge in [-0.3, -0.25) is 4.79 Å². The predicted molar refractivity (Wildman–Crippen MR) is 57.1 cm³/mol. The second-order valence-corrected chi connectivity index (χ2v) is 4.91. The Morgan fingerprint density at radius 2 is 2.29 bits per heavy atom. The molecule has 0 aliphatic rings. The first-order chi connectivity index (χ1) is 6.50. The van der Waals surface area contributed by atoms with Crippen molar-refractivity contribution in [3.05, 3.63) is 28.5 Å².